The van der Waals surface area contributed by atoms with Crippen LogP contribution in [-0.2, 0) is 4.74 Å². The number of aromatic hydroxyl groups is 1. The smallest absolute Gasteiger partial charge is 0.311 e. The third-order valence-corrected chi connectivity index (χ3v) is 2.46. The maximum Gasteiger partial charge on any atom is 0.311 e. The summed E-state index contributed by atoms with van der Waals surface area (Å²) in [5, 5.41) is 22.9. The van der Waals surface area contributed by atoms with Crippen LogP contribution in [0.3, 0.4) is 0 Å². The number of hydrogen-bond donors (Lipinski definition) is 2. The fraction of sp³-hybridized carbons (Fsp3) is 0.417. The van der Waals surface area contributed by atoms with E-state index in [4.69, 9.17) is 4.74 Å². The van der Waals surface area contributed by atoms with Gasteiger partial charge >= 0.3 is 5.69 Å². The molecular formula is C12H16N2O5. The SMILES string of the molecule is CCOC(C)CNC(=O)c1cccc([N+](=O)[O-])c1O. The maximum absolute atomic E-state index is 11.8. The van der Waals surface area contributed by atoms with Crippen molar-refractivity contribution in [2.24, 2.45) is 0 Å². The summed E-state index contributed by atoms with van der Waals surface area (Å²) in [5.41, 5.74) is -0.622. The average molecular weight is 268 g/mol. The van der Waals surface area contributed by atoms with Crippen molar-refractivity contribution >= 4 is 11.6 Å². The Morgan fingerprint density at radius 1 is 1.58 bits per heavy atom. The third kappa shape index (κ3) is 3.92. The molecule has 0 spiro atoms. The first-order valence-corrected chi connectivity index (χ1v) is 5.83. The first kappa shape index (κ1) is 14.9. The molecule has 0 aliphatic heterocycles. The Kier molecular flexibility index (Phi) is 5.25. The lowest BCUT2D eigenvalue weighted by molar-refractivity contribution is -0.385. The van der Waals surface area contributed by atoms with Gasteiger partial charge in [0.2, 0.25) is 5.75 Å². The van der Waals surface area contributed by atoms with Crippen LogP contribution in [0, 0.1) is 10.1 Å². The van der Waals surface area contributed by atoms with Crippen molar-refractivity contribution in [3.8, 4) is 5.75 Å². The Labute approximate surface area is 110 Å². The second kappa shape index (κ2) is 6.69. The van der Waals surface area contributed by atoms with Gasteiger partial charge in [-0.05, 0) is 19.9 Å². The van der Waals surface area contributed by atoms with Gasteiger partial charge in [0, 0.05) is 19.2 Å². The molecule has 0 saturated carbocycles. The molecule has 1 aromatic carbocycles. The van der Waals surface area contributed by atoms with Gasteiger partial charge in [-0.3, -0.25) is 14.9 Å². The zero-order valence-corrected chi connectivity index (χ0v) is 10.8. The largest absolute Gasteiger partial charge is 0.502 e. The van der Waals surface area contributed by atoms with E-state index < -0.39 is 22.3 Å². The van der Waals surface area contributed by atoms with Crippen molar-refractivity contribution < 1.29 is 19.6 Å². The lowest BCUT2D eigenvalue weighted by Crippen LogP contribution is -2.32. The number of para-hydroxylation sites is 1. The predicted molar refractivity (Wildman–Crippen MR) is 68.2 cm³/mol. The highest BCUT2D eigenvalue weighted by atomic mass is 16.6. The molecule has 0 saturated heterocycles. The first-order valence-electron chi connectivity index (χ1n) is 5.83. The number of nitrogens with one attached hydrogen (secondary N) is 1. The molecule has 0 bridgehead atoms. The normalized spacial score (nSPS) is 11.9. The summed E-state index contributed by atoms with van der Waals surface area (Å²) in [4.78, 5) is 21.7. The van der Waals surface area contributed by atoms with Crippen molar-refractivity contribution in [2.75, 3.05) is 13.2 Å². The standard InChI is InChI=1S/C12H16N2O5/c1-3-19-8(2)7-13-12(16)9-5-4-6-10(11(9)15)14(17)18/h4-6,8,15H,3,7H2,1-2H3,(H,13,16). The van der Waals surface area contributed by atoms with E-state index in [-0.39, 0.29) is 18.2 Å². The summed E-state index contributed by atoms with van der Waals surface area (Å²) in [5.74, 6) is -1.21. The fourth-order valence-electron chi connectivity index (χ4n) is 1.54. The van der Waals surface area contributed by atoms with Gasteiger partial charge in [-0.15, -0.1) is 0 Å². The molecular weight excluding hydrogens is 252 g/mol. The average Bonchev–Trinajstić information content (AvgIpc) is 2.36. The summed E-state index contributed by atoms with van der Waals surface area (Å²) >= 11 is 0. The fourth-order valence-corrected chi connectivity index (χ4v) is 1.54. The van der Waals surface area contributed by atoms with Crippen LogP contribution in [-0.4, -0.2) is 35.2 Å². The van der Waals surface area contributed by atoms with E-state index in [0.29, 0.717) is 6.61 Å². The minimum atomic E-state index is -0.741. The highest BCUT2D eigenvalue weighted by Gasteiger charge is 2.20. The van der Waals surface area contributed by atoms with Crippen LogP contribution in [0.15, 0.2) is 18.2 Å². The van der Waals surface area contributed by atoms with Crippen molar-refractivity contribution in [2.45, 2.75) is 20.0 Å². The minimum Gasteiger partial charge on any atom is -0.502 e. The van der Waals surface area contributed by atoms with Crippen molar-refractivity contribution in [3.63, 3.8) is 0 Å². The van der Waals surface area contributed by atoms with Crippen LogP contribution >= 0.6 is 0 Å². The van der Waals surface area contributed by atoms with Gasteiger partial charge in [0.05, 0.1) is 16.6 Å². The summed E-state index contributed by atoms with van der Waals surface area (Å²) in [7, 11) is 0. The van der Waals surface area contributed by atoms with Gasteiger partial charge in [0.1, 0.15) is 0 Å². The van der Waals surface area contributed by atoms with Crippen LogP contribution in [0.2, 0.25) is 0 Å². The molecule has 7 heteroatoms. The Bertz CT molecular complexity index is 475. The van der Waals surface area contributed by atoms with E-state index >= 15 is 0 Å². The number of benzene rings is 1. The molecule has 0 radical (unpaired) electrons. The molecule has 0 aromatic heterocycles. The lowest BCUT2D eigenvalue weighted by atomic mass is 10.1. The van der Waals surface area contributed by atoms with Gasteiger partial charge in [0.25, 0.3) is 5.91 Å². The number of carbonyl (C=O) groups is 1. The lowest BCUT2D eigenvalue weighted by Gasteiger charge is -2.12. The molecule has 1 unspecified atom stereocenters. The number of ether oxygens (including phenoxy) is 1. The summed E-state index contributed by atoms with van der Waals surface area (Å²) in [6.07, 6.45) is -0.171. The monoisotopic (exact) mass is 268 g/mol. The van der Waals surface area contributed by atoms with Gasteiger partial charge in [-0.1, -0.05) is 6.07 Å². The number of phenols is 1. The summed E-state index contributed by atoms with van der Waals surface area (Å²) < 4.78 is 5.23. The number of nitro benzene ring substituents is 1. The highest BCUT2D eigenvalue weighted by molar-refractivity contribution is 5.98. The second-order valence-corrected chi connectivity index (χ2v) is 3.91. The van der Waals surface area contributed by atoms with Gasteiger partial charge < -0.3 is 15.2 Å². The van der Waals surface area contributed by atoms with Crippen LogP contribution < -0.4 is 5.32 Å². The van der Waals surface area contributed by atoms with Crippen LogP contribution in [0.5, 0.6) is 5.75 Å². The molecule has 7 nitrogen and oxygen atoms in total. The highest BCUT2D eigenvalue weighted by Crippen LogP contribution is 2.28. The van der Waals surface area contributed by atoms with Crippen molar-refractivity contribution in [3.05, 3.63) is 33.9 Å². The van der Waals surface area contributed by atoms with Gasteiger partial charge in [-0.25, -0.2) is 0 Å². The van der Waals surface area contributed by atoms with Gasteiger partial charge in [-0.2, -0.15) is 0 Å². The second-order valence-electron chi connectivity index (χ2n) is 3.91. The molecule has 104 valence electrons. The molecule has 19 heavy (non-hydrogen) atoms. The Hall–Kier alpha value is -2.15. The number of rotatable bonds is 6. The van der Waals surface area contributed by atoms with E-state index in [1.165, 1.54) is 12.1 Å². The Balaban J connectivity index is 2.78. The molecule has 0 heterocycles. The quantitative estimate of drug-likeness (QED) is 0.600. The third-order valence-electron chi connectivity index (χ3n) is 2.46. The van der Waals surface area contributed by atoms with Crippen LogP contribution in [0.25, 0.3) is 0 Å². The maximum atomic E-state index is 11.8. The summed E-state index contributed by atoms with van der Waals surface area (Å²) in [6, 6.07) is 3.80. The zero-order valence-electron chi connectivity index (χ0n) is 10.8. The molecule has 1 amide bonds. The molecule has 2 N–H and O–H groups in total. The van der Waals surface area contributed by atoms with E-state index in [9.17, 15) is 20.0 Å². The van der Waals surface area contributed by atoms with E-state index in [1.807, 2.05) is 6.92 Å². The van der Waals surface area contributed by atoms with Gasteiger partial charge in [0.15, 0.2) is 0 Å². The number of carbonyl (C=O) groups excluding carboxylic acids is 1. The van der Waals surface area contributed by atoms with E-state index in [2.05, 4.69) is 5.32 Å². The topological polar surface area (TPSA) is 102 Å². The van der Waals surface area contributed by atoms with E-state index in [0.717, 1.165) is 6.07 Å². The minimum absolute atomic E-state index is 0.127. The Morgan fingerprint density at radius 3 is 2.84 bits per heavy atom. The van der Waals surface area contributed by atoms with Crippen LogP contribution in [0.4, 0.5) is 5.69 Å². The number of hydrogen-bond acceptors (Lipinski definition) is 5. The number of amides is 1. The molecule has 1 aromatic rings. The van der Waals surface area contributed by atoms with E-state index in [1.54, 1.807) is 6.92 Å². The van der Waals surface area contributed by atoms with Crippen molar-refractivity contribution in [1.82, 2.24) is 5.32 Å². The molecule has 0 fully saturated rings. The first-order chi connectivity index (χ1) is 8.97. The summed E-state index contributed by atoms with van der Waals surface area (Å²) in [6.45, 7) is 4.41. The number of nitro groups is 1. The molecule has 1 rings (SSSR count). The number of phenolic OH excluding ortho intramolecular Hbond substituents is 1. The molecule has 0 aliphatic carbocycles. The van der Waals surface area contributed by atoms with Crippen LogP contribution in [0.1, 0.15) is 24.2 Å². The van der Waals surface area contributed by atoms with Crippen molar-refractivity contribution in [1.29, 1.82) is 0 Å². The number of nitrogens with zero attached hydrogens (tertiary/aromatic N) is 1. The molecule has 1 atom stereocenters. The zero-order chi connectivity index (χ0) is 14.4. The Morgan fingerprint density at radius 2 is 2.26 bits per heavy atom. The predicted octanol–water partition coefficient (Wildman–Crippen LogP) is 1.46. The molecule has 0 aliphatic rings.